The molecule has 0 saturated heterocycles. The van der Waals surface area contributed by atoms with Gasteiger partial charge < -0.3 is 9.84 Å². The summed E-state index contributed by atoms with van der Waals surface area (Å²) in [5.41, 5.74) is -0.00156. The van der Waals surface area contributed by atoms with E-state index in [4.69, 9.17) is 4.74 Å². The van der Waals surface area contributed by atoms with Crippen LogP contribution in [0.1, 0.15) is 31.1 Å². The third kappa shape index (κ3) is 2.62. The lowest BCUT2D eigenvalue weighted by molar-refractivity contribution is 0.00718. The van der Waals surface area contributed by atoms with Gasteiger partial charge in [0.25, 0.3) is 0 Å². The lowest BCUT2D eigenvalue weighted by atomic mass is 10.0. The largest absolute Gasteiger partial charge is 0.508 e. The molecule has 0 heterocycles. The highest BCUT2D eigenvalue weighted by atomic mass is 16.6. The second kappa shape index (κ2) is 4.33. The van der Waals surface area contributed by atoms with Crippen molar-refractivity contribution in [3.05, 3.63) is 42.0 Å². The maximum Gasteiger partial charge on any atom is 0.339 e. The number of ether oxygens (including phenoxy) is 1. The molecule has 2 rings (SSSR count). The molecule has 0 radical (unpaired) electrons. The molecule has 18 heavy (non-hydrogen) atoms. The SMILES string of the molecule is CC(C)(C)OC(=O)c1cccc2cc(O)ccc12. The smallest absolute Gasteiger partial charge is 0.339 e. The van der Waals surface area contributed by atoms with Gasteiger partial charge in [-0.05, 0) is 55.8 Å². The van der Waals surface area contributed by atoms with Crippen LogP contribution in [0.25, 0.3) is 10.8 Å². The van der Waals surface area contributed by atoms with E-state index >= 15 is 0 Å². The second-order valence-corrected chi connectivity index (χ2v) is 5.21. The summed E-state index contributed by atoms with van der Waals surface area (Å²) in [5, 5.41) is 11.0. The number of fused-ring (bicyclic) bond motifs is 1. The van der Waals surface area contributed by atoms with E-state index in [1.807, 2.05) is 26.8 Å². The van der Waals surface area contributed by atoms with Gasteiger partial charge in [0.1, 0.15) is 11.4 Å². The molecule has 0 aliphatic carbocycles. The minimum absolute atomic E-state index is 0.184. The van der Waals surface area contributed by atoms with Gasteiger partial charge >= 0.3 is 5.97 Å². The number of phenolic OH excluding ortho intramolecular Hbond substituents is 1. The van der Waals surface area contributed by atoms with Crippen LogP contribution in [0.5, 0.6) is 5.75 Å². The monoisotopic (exact) mass is 244 g/mol. The van der Waals surface area contributed by atoms with Crippen molar-refractivity contribution in [3.63, 3.8) is 0 Å². The number of esters is 1. The minimum Gasteiger partial charge on any atom is -0.508 e. The average Bonchev–Trinajstić information content (AvgIpc) is 2.25. The lowest BCUT2D eigenvalue weighted by Gasteiger charge is -2.20. The van der Waals surface area contributed by atoms with E-state index in [-0.39, 0.29) is 11.7 Å². The Balaban J connectivity index is 2.48. The van der Waals surface area contributed by atoms with Gasteiger partial charge in [0.2, 0.25) is 0 Å². The first-order valence-electron chi connectivity index (χ1n) is 5.82. The predicted octanol–water partition coefficient (Wildman–Crippen LogP) is 3.50. The van der Waals surface area contributed by atoms with Crippen LogP contribution in [-0.4, -0.2) is 16.7 Å². The summed E-state index contributed by atoms with van der Waals surface area (Å²) in [5.74, 6) is -0.164. The van der Waals surface area contributed by atoms with Crippen LogP contribution in [0, 0.1) is 0 Å². The van der Waals surface area contributed by atoms with Crippen LogP contribution in [0.2, 0.25) is 0 Å². The molecule has 0 unspecified atom stereocenters. The maximum atomic E-state index is 12.1. The summed E-state index contributed by atoms with van der Waals surface area (Å²) in [4.78, 5) is 12.1. The number of carbonyl (C=O) groups is 1. The van der Waals surface area contributed by atoms with E-state index in [1.165, 1.54) is 0 Å². The van der Waals surface area contributed by atoms with Gasteiger partial charge in [-0.15, -0.1) is 0 Å². The number of aromatic hydroxyl groups is 1. The topological polar surface area (TPSA) is 46.5 Å². The zero-order chi connectivity index (χ0) is 13.3. The third-order valence-corrected chi connectivity index (χ3v) is 2.48. The van der Waals surface area contributed by atoms with E-state index in [0.717, 1.165) is 10.8 Å². The van der Waals surface area contributed by atoms with Crippen LogP contribution < -0.4 is 0 Å². The molecular formula is C15H16O3. The molecule has 3 nitrogen and oxygen atoms in total. The van der Waals surface area contributed by atoms with Gasteiger partial charge in [0.05, 0.1) is 5.56 Å². The molecule has 0 aliphatic rings. The standard InChI is InChI=1S/C15H16O3/c1-15(2,3)18-14(17)13-6-4-5-10-9-11(16)7-8-12(10)13/h4-9,16H,1-3H3. The summed E-state index contributed by atoms with van der Waals surface area (Å²) in [6.45, 7) is 5.51. The van der Waals surface area contributed by atoms with Crippen LogP contribution >= 0.6 is 0 Å². The Morgan fingerprint density at radius 2 is 1.89 bits per heavy atom. The lowest BCUT2D eigenvalue weighted by Crippen LogP contribution is -2.24. The Labute approximate surface area is 106 Å². The number of hydrogen-bond donors (Lipinski definition) is 1. The molecule has 2 aromatic carbocycles. The zero-order valence-electron chi connectivity index (χ0n) is 10.7. The van der Waals surface area contributed by atoms with Crippen molar-refractivity contribution in [3.8, 4) is 5.75 Å². The second-order valence-electron chi connectivity index (χ2n) is 5.21. The minimum atomic E-state index is -0.518. The molecule has 0 aromatic heterocycles. The summed E-state index contributed by atoms with van der Waals surface area (Å²) < 4.78 is 5.36. The van der Waals surface area contributed by atoms with E-state index in [2.05, 4.69) is 0 Å². The first-order valence-corrected chi connectivity index (χ1v) is 5.82. The Hall–Kier alpha value is -2.03. The molecule has 94 valence electrons. The Morgan fingerprint density at radius 3 is 2.56 bits per heavy atom. The highest BCUT2D eigenvalue weighted by molar-refractivity contribution is 6.04. The van der Waals surface area contributed by atoms with Crippen molar-refractivity contribution in [1.29, 1.82) is 0 Å². The summed E-state index contributed by atoms with van der Waals surface area (Å²) in [6.07, 6.45) is 0. The first kappa shape index (κ1) is 12.4. The van der Waals surface area contributed by atoms with Crippen molar-refractivity contribution in [1.82, 2.24) is 0 Å². The number of hydrogen-bond acceptors (Lipinski definition) is 3. The van der Waals surface area contributed by atoms with Gasteiger partial charge in [-0.1, -0.05) is 12.1 Å². The third-order valence-electron chi connectivity index (χ3n) is 2.48. The number of carbonyl (C=O) groups excluding carboxylic acids is 1. The first-order chi connectivity index (χ1) is 8.37. The molecule has 1 N–H and O–H groups in total. The summed E-state index contributed by atoms with van der Waals surface area (Å²) in [6, 6.07) is 10.3. The van der Waals surface area contributed by atoms with Gasteiger partial charge in [-0.3, -0.25) is 0 Å². The molecule has 0 bridgehead atoms. The molecule has 0 saturated carbocycles. The summed E-state index contributed by atoms with van der Waals surface area (Å²) >= 11 is 0. The number of rotatable bonds is 1. The van der Waals surface area contributed by atoms with Gasteiger partial charge in [-0.25, -0.2) is 4.79 Å². The molecule has 0 spiro atoms. The molecular weight excluding hydrogens is 228 g/mol. The molecule has 0 aliphatic heterocycles. The van der Waals surface area contributed by atoms with Crippen LogP contribution in [0.3, 0.4) is 0 Å². The maximum absolute atomic E-state index is 12.1. The molecule has 0 amide bonds. The fraction of sp³-hybridized carbons (Fsp3) is 0.267. The van der Waals surface area contributed by atoms with E-state index in [0.29, 0.717) is 5.56 Å². The summed E-state index contributed by atoms with van der Waals surface area (Å²) in [7, 11) is 0. The predicted molar refractivity (Wildman–Crippen MR) is 70.8 cm³/mol. The van der Waals surface area contributed by atoms with Crippen molar-refractivity contribution in [2.45, 2.75) is 26.4 Å². The van der Waals surface area contributed by atoms with E-state index in [1.54, 1.807) is 30.3 Å². The van der Waals surface area contributed by atoms with Gasteiger partial charge in [-0.2, -0.15) is 0 Å². The molecule has 0 fully saturated rings. The number of phenols is 1. The molecule has 2 aromatic rings. The number of benzene rings is 2. The van der Waals surface area contributed by atoms with Gasteiger partial charge in [0, 0.05) is 0 Å². The fourth-order valence-electron chi connectivity index (χ4n) is 1.78. The van der Waals surface area contributed by atoms with E-state index in [9.17, 15) is 9.90 Å². The Bertz CT molecular complexity index is 594. The highest BCUT2D eigenvalue weighted by Gasteiger charge is 2.19. The van der Waals surface area contributed by atoms with Gasteiger partial charge in [0.15, 0.2) is 0 Å². The average molecular weight is 244 g/mol. The highest BCUT2D eigenvalue weighted by Crippen LogP contribution is 2.24. The molecule has 3 heteroatoms. The van der Waals surface area contributed by atoms with Crippen molar-refractivity contribution in [2.24, 2.45) is 0 Å². The van der Waals surface area contributed by atoms with E-state index < -0.39 is 5.60 Å². The Kier molecular flexibility index (Phi) is 2.99. The van der Waals surface area contributed by atoms with Crippen LogP contribution in [0.15, 0.2) is 36.4 Å². The normalized spacial score (nSPS) is 11.5. The Morgan fingerprint density at radius 1 is 1.17 bits per heavy atom. The van der Waals surface area contributed by atoms with Crippen molar-refractivity contribution < 1.29 is 14.6 Å². The molecule has 0 atom stereocenters. The van der Waals surface area contributed by atoms with Crippen LogP contribution in [-0.2, 0) is 4.74 Å². The van der Waals surface area contributed by atoms with Crippen LogP contribution in [0.4, 0.5) is 0 Å². The zero-order valence-corrected chi connectivity index (χ0v) is 10.7. The fourth-order valence-corrected chi connectivity index (χ4v) is 1.78. The van der Waals surface area contributed by atoms with Crippen molar-refractivity contribution >= 4 is 16.7 Å². The quantitative estimate of drug-likeness (QED) is 0.781. The van der Waals surface area contributed by atoms with Crippen molar-refractivity contribution in [2.75, 3.05) is 0 Å².